The number of benzene rings is 1. The van der Waals surface area contributed by atoms with Crippen molar-refractivity contribution in [3.05, 3.63) is 28.2 Å². The molecule has 1 aromatic rings. The summed E-state index contributed by atoms with van der Waals surface area (Å²) in [5.41, 5.74) is 0.472. The minimum Gasteiger partial charge on any atom is -0.507 e. The van der Waals surface area contributed by atoms with Crippen molar-refractivity contribution in [1.82, 2.24) is 0 Å². The van der Waals surface area contributed by atoms with E-state index in [9.17, 15) is 9.90 Å². The first-order valence-corrected chi connectivity index (χ1v) is 6.65. The van der Waals surface area contributed by atoms with Gasteiger partial charge in [-0.2, -0.15) is 0 Å². The molecule has 1 aromatic carbocycles. The molecule has 17 heavy (non-hydrogen) atoms. The number of hydrogen-bond acceptors (Lipinski definition) is 3. The second kappa shape index (κ2) is 5.54. The number of rotatable bonds is 2. The van der Waals surface area contributed by atoms with Crippen molar-refractivity contribution < 1.29 is 14.6 Å². The minimum atomic E-state index is -0.308. The smallest absolute Gasteiger partial charge is 0.338 e. The highest BCUT2D eigenvalue weighted by atomic mass is 79.9. The molecule has 2 rings (SSSR count). The number of halogens is 1. The predicted molar refractivity (Wildman–Crippen MR) is 68.1 cm³/mol. The summed E-state index contributed by atoms with van der Waals surface area (Å²) in [5, 5.41) is 9.35. The summed E-state index contributed by atoms with van der Waals surface area (Å²) in [7, 11) is 0. The summed E-state index contributed by atoms with van der Waals surface area (Å²) in [6.45, 7) is 0. The molecule has 0 unspecified atom stereocenters. The number of phenolic OH excluding ortho intramolecular Hbond substituents is 1. The highest BCUT2D eigenvalue weighted by molar-refractivity contribution is 9.10. The van der Waals surface area contributed by atoms with Crippen LogP contribution in [0.2, 0.25) is 0 Å². The quantitative estimate of drug-likeness (QED) is 0.848. The van der Waals surface area contributed by atoms with Crippen LogP contribution in [0.4, 0.5) is 0 Å². The third kappa shape index (κ3) is 3.22. The van der Waals surface area contributed by atoms with Gasteiger partial charge < -0.3 is 9.84 Å². The Hall–Kier alpha value is -1.03. The Morgan fingerprint density at radius 1 is 1.29 bits per heavy atom. The fraction of sp³-hybridized carbons (Fsp3) is 0.462. The number of carbonyl (C=O) groups is 1. The van der Waals surface area contributed by atoms with E-state index in [2.05, 4.69) is 15.9 Å². The number of hydrogen-bond donors (Lipinski definition) is 1. The molecule has 0 aromatic heterocycles. The Labute approximate surface area is 109 Å². The molecule has 1 aliphatic carbocycles. The van der Waals surface area contributed by atoms with Crippen LogP contribution in [0, 0.1) is 0 Å². The molecule has 0 amide bonds. The first-order valence-electron chi connectivity index (χ1n) is 5.86. The normalized spacial score (nSPS) is 16.8. The van der Waals surface area contributed by atoms with Gasteiger partial charge in [0.05, 0.1) is 10.0 Å². The summed E-state index contributed by atoms with van der Waals surface area (Å²) >= 11 is 3.18. The van der Waals surface area contributed by atoms with Crippen LogP contribution >= 0.6 is 15.9 Å². The number of ether oxygens (including phenoxy) is 1. The third-order valence-electron chi connectivity index (χ3n) is 3.01. The highest BCUT2D eigenvalue weighted by Gasteiger charge is 2.19. The Morgan fingerprint density at radius 3 is 2.65 bits per heavy atom. The van der Waals surface area contributed by atoms with E-state index in [1.807, 2.05) is 0 Å². The number of phenols is 1. The van der Waals surface area contributed by atoms with E-state index < -0.39 is 0 Å². The van der Waals surface area contributed by atoms with Gasteiger partial charge in [0.2, 0.25) is 0 Å². The maximum atomic E-state index is 11.9. The van der Waals surface area contributed by atoms with E-state index in [0.717, 1.165) is 25.7 Å². The van der Waals surface area contributed by atoms with Gasteiger partial charge in [0.25, 0.3) is 0 Å². The minimum absolute atomic E-state index is 0.0591. The summed E-state index contributed by atoms with van der Waals surface area (Å²) in [5.74, 6) is -0.184. The molecule has 1 fully saturated rings. The molecule has 1 N–H and O–H groups in total. The van der Waals surface area contributed by atoms with E-state index in [4.69, 9.17) is 4.74 Å². The van der Waals surface area contributed by atoms with Gasteiger partial charge in [0, 0.05) is 0 Å². The van der Waals surface area contributed by atoms with E-state index >= 15 is 0 Å². The molecule has 1 aliphatic rings. The van der Waals surface area contributed by atoms with Crippen LogP contribution in [0.3, 0.4) is 0 Å². The van der Waals surface area contributed by atoms with Crippen molar-refractivity contribution in [1.29, 1.82) is 0 Å². The Balaban J connectivity index is 2.01. The van der Waals surface area contributed by atoms with Crippen LogP contribution in [-0.2, 0) is 4.74 Å². The molecule has 4 heteroatoms. The molecule has 0 spiro atoms. The second-order valence-electron chi connectivity index (χ2n) is 4.33. The van der Waals surface area contributed by atoms with Gasteiger partial charge in [0.15, 0.2) is 0 Å². The van der Waals surface area contributed by atoms with E-state index in [1.54, 1.807) is 12.1 Å². The fourth-order valence-corrected chi connectivity index (χ4v) is 2.42. The summed E-state index contributed by atoms with van der Waals surface area (Å²) < 4.78 is 5.94. The lowest BCUT2D eigenvalue weighted by Gasteiger charge is -2.21. The second-order valence-corrected chi connectivity index (χ2v) is 5.19. The Morgan fingerprint density at radius 2 is 2.00 bits per heavy atom. The first kappa shape index (κ1) is 12.4. The van der Waals surface area contributed by atoms with Gasteiger partial charge in [-0.25, -0.2) is 4.79 Å². The van der Waals surface area contributed by atoms with Crippen LogP contribution in [0.25, 0.3) is 0 Å². The average Bonchev–Trinajstić information content (AvgIpc) is 2.34. The lowest BCUT2D eigenvalue weighted by Crippen LogP contribution is -2.20. The van der Waals surface area contributed by atoms with Crippen LogP contribution in [0.5, 0.6) is 5.75 Å². The highest BCUT2D eigenvalue weighted by Crippen LogP contribution is 2.26. The predicted octanol–water partition coefficient (Wildman–Crippen LogP) is 3.64. The topological polar surface area (TPSA) is 46.5 Å². The van der Waals surface area contributed by atoms with Gasteiger partial charge in [-0.1, -0.05) is 6.42 Å². The number of carbonyl (C=O) groups excluding carboxylic acids is 1. The molecule has 3 nitrogen and oxygen atoms in total. The first-order chi connectivity index (χ1) is 8.16. The summed E-state index contributed by atoms with van der Waals surface area (Å²) in [6, 6.07) is 4.65. The Bertz CT molecular complexity index is 411. The van der Waals surface area contributed by atoms with Gasteiger partial charge in [-0.15, -0.1) is 0 Å². The molecule has 0 aliphatic heterocycles. The van der Waals surface area contributed by atoms with Crippen molar-refractivity contribution in [2.75, 3.05) is 0 Å². The van der Waals surface area contributed by atoms with Crippen LogP contribution in [0.15, 0.2) is 22.7 Å². The molecular formula is C13H15BrO3. The number of aromatic hydroxyl groups is 1. The third-order valence-corrected chi connectivity index (χ3v) is 3.64. The van der Waals surface area contributed by atoms with Crippen LogP contribution in [-0.4, -0.2) is 17.2 Å². The lowest BCUT2D eigenvalue weighted by molar-refractivity contribution is 0.0211. The fourth-order valence-electron chi connectivity index (χ4n) is 2.04. The van der Waals surface area contributed by atoms with Gasteiger partial charge >= 0.3 is 5.97 Å². The van der Waals surface area contributed by atoms with Crippen molar-refractivity contribution in [2.45, 2.75) is 38.2 Å². The maximum Gasteiger partial charge on any atom is 0.338 e. The van der Waals surface area contributed by atoms with Gasteiger partial charge in [-0.05, 0) is 59.8 Å². The molecular weight excluding hydrogens is 284 g/mol. The average molecular weight is 299 g/mol. The van der Waals surface area contributed by atoms with Gasteiger partial charge in [-0.3, -0.25) is 0 Å². The van der Waals surface area contributed by atoms with Crippen molar-refractivity contribution in [3.63, 3.8) is 0 Å². The molecule has 92 valence electrons. The SMILES string of the molecule is O=C(OC1CCCCC1)c1ccc(O)c(Br)c1. The van der Waals surface area contributed by atoms with E-state index in [1.165, 1.54) is 12.5 Å². The van der Waals surface area contributed by atoms with E-state index in [0.29, 0.717) is 10.0 Å². The lowest BCUT2D eigenvalue weighted by atomic mass is 9.98. The molecule has 1 saturated carbocycles. The maximum absolute atomic E-state index is 11.9. The van der Waals surface area contributed by atoms with Crippen LogP contribution < -0.4 is 0 Å². The largest absolute Gasteiger partial charge is 0.507 e. The molecule has 0 saturated heterocycles. The van der Waals surface area contributed by atoms with Crippen LogP contribution in [0.1, 0.15) is 42.5 Å². The summed E-state index contributed by atoms with van der Waals surface area (Å²) in [6.07, 6.45) is 5.49. The van der Waals surface area contributed by atoms with Gasteiger partial charge in [0.1, 0.15) is 11.9 Å². The standard InChI is InChI=1S/C13H15BrO3/c14-11-8-9(6-7-12(11)15)13(16)17-10-4-2-1-3-5-10/h6-8,10,15H,1-5H2. The Kier molecular flexibility index (Phi) is 4.05. The van der Waals surface area contributed by atoms with Crippen molar-refractivity contribution >= 4 is 21.9 Å². The zero-order valence-corrected chi connectivity index (χ0v) is 11.1. The zero-order valence-electron chi connectivity index (χ0n) is 9.49. The zero-order chi connectivity index (χ0) is 12.3. The molecule has 0 atom stereocenters. The van der Waals surface area contributed by atoms with Crippen molar-refractivity contribution in [2.24, 2.45) is 0 Å². The number of esters is 1. The molecule has 0 bridgehead atoms. The van der Waals surface area contributed by atoms with Crippen molar-refractivity contribution in [3.8, 4) is 5.75 Å². The monoisotopic (exact) mass is 298 g/mol. The molecule has 0 radical (unpaired) electrons. The van der Waals surface area contributed by atoms with E-state index in [-0.39, 0.29) is 17.8 Å². The summed E-state index contributed by atoms with van der Waals surface area (Å²) in [4.78, 5) is 11.9. The molecule has 0 heterocycles.